The van der Waals surface area contributed by atoms with Gasteiger partial charge in [-0.2, -0.15) is 0 Å². The Hall–Kier alpha value is -1.88. The number of aliphatic carboxylic acids is 1. The molecule has 21 heavy (non-hydrogen) atoms. The summed E-state index contributed by atoms with van der Waals surface area (Å²) in [6, 6.07) is 9.25. The minimum atomic E-state index is -0.887. The van der Waals surface area contributed by atoms with E-state index < -0.39 is 5.97 Å². The number of likely N-dealkylation sites (tertiary alicyclic amines) is 1. The lowest BCUT2D eigenvalue weighted by Crippen LogP contribution is -2.39. The van der Waals surface area contributed by atoms with E-state index in [-0.39, 0.29) is 30.4 Å². The average molecular weight is 291 g/mol. The van der Waals surface area contributed by atoms with Crippen molar-refractivity contribution < 1.29 is 19.4 Å². The van der Waals surface area contributed by atoms with Gasteiger partial charge in [0.15, 0.2) is 0 Å². The van der Waals surface area contributed by atoms with E-state index >= 15 is 0 Å². The van der Waals surface area contributed by atoms with Crippen LogP contribution in [0.4, 0.5) is 0 Å². The molecule has 1 aromatic rings. The molecule has 1 fully saturated rings. The number of carbonyl (C=O) groups is 2. The number of nitrogens with zero attached hydrogens (tertiary/aromatic N) is 1. The SMILES string of the molecule is COC1CC(CC(=O)O)N(C(=O)[C@@H](C)c2ccccc2)C1. The van der Waals surface area contributed by atoms with Gasteiger partial charge in [0.05, 0.1) is 18.4 Å². The largest absolute Gasteiger partial charge is 0.481 e. The number of hydrogen-bond donors (Lipinski definition) is 1. The molecule has 2 unspecified atom stereocenters. The van der Waals surface area contributed by atoms with Crippen LogP contribution < -0.4 is 0 Å². The molecule has 1 heterocycles. The Morgan fingerprint density at radius 1 is 1.38 bits per heavy atom. The van der Waals surface area contributed by atoms with Gasteiger partial charge in [0, 0.05) is 19.7 Å². The molecule has 1 amide bonds. The maximum Gasteiger partial charge on any atom is 0.305 e. The molecule has 0 aliphatic carbocycles. The molecule has 1 aliphatic heterocycles. The fourth-order valence-corrected chi connectivity index (χ4v) is 2.84. The van der Waals surface area contributed by atoms with Gasteiger partial charge in [-0.25, -0.2) is 0 Å². The summed E-state index contributed by atoms with van der Waals surface area (Å²) in [5, 5.41) is 9.01. The zero-order valence-corrected chi connectivity index (χ0v) is 12.4. The van der Waals surface area contributed by atoms with Gasteiger partial charge in [-0.05, 0) is 18.9 Å². The number of carboxylic acids is 1. The smallest absolute Gasteiger partial charge is 0.305 e. The van der Waals surface area contributed by atoms with Crippen molar-refractivity contribution in [2.24, 2.45) is 0 Å². The molecule has 1 aliphatic rings. The third-order valence-electron chi connectivity index (χ3n) is 4.07. The Balaban J connectivity index is 2.13. The van der Waals surface area contributed by atoms with E-state index in [4.69, 9.17) is 9.84 Å². The Bertz CT molecular complexity index is 502. The Labute approximate surface area is 124 Å². The molecular weight excluding hydrogens is 270 g/mol. The van der Waals surface area contributed by atoms with Crippen LogP contribution in [0.1, 0.15) is 31.2 Å². The number of carbonyl (C=O) groups excluding carboxylic acids is 1. The van der Waals surface area contributed by atoms with Gasteiger partial charge in [0.1, 0.15) is 0 Å². The molecule has 3 atom stereocenters. The van der Waals surface area contributed by atoms with Crippen molar-refractivity contribution in [2.75, 3.05) is 13.7 Å². The van der Waals surface area contributed by atoms with Crippen LogP contribution in [0.3, 0.4) is 0 Å². The second kappa shape index (κ2) is 6.72. The Kier molecular flexibility index (Phi) is 4.96. The first kappa shape index (κ1) is 15.5. The van der Waals surface area contributed by atoms with Gasteiger partial charge < -0.3 is 14.7 Å². The first-order chi connectivity index (χ1) is 10.0. The van der Waals surface area contributed by atoms with E-state index in [0.717, 1.165) is 5.56 Å². The van der Waals surface area contributed by atoms with E-state index in [1.165, 1.54) is 0 Å². The molecule has 5 nitrogen and oxygen atoms in total. The molecule has 2 rings (SSSR count). The summed E-state index contributed by atoms with van der Waals surface area (Å²) in [5.74, 6) is -1.20. The van der Waals surface area contributed by atoms with Crippen LogP contribution in [-0.2, 0) is 14.3 Å². The van der Waals surface area contributed by atoms with Crippen molar-refractivity contribution in [1.29, 1.82) is 0 Å². The van der Waals surface area contributed by atoms with Crippen molar-refractivity contribution in [1.82, 2.24) is 4.90 Å². The molecular formula is C16H21NO4. The Morgan fingerprint density at radius 2 is 2.05 bits per heavy atom. The second-order valence-electron chi connectivity index (χ2n) is 5.47. The molecule has 1 saturated heterocycles. The third kappa shape index (κ3) is 3.61. The summed E-state index contributed by atoms with van der Waals surface area (Å²) in [6.07, 6.45) is 0.463. The van der Waals surface area contributed by atoms with Crippen molar-refractivity contribution in [3.63, 3.8) is 0 Å². The first-order valence-corrected chi connectivity index (χ1v) is 7.13. The van der Waals surface area contributed by atoms with Gasteiger partial charge in [-0.1, -0.05) is 30.3 Å². The summed E-state index contributed by atoms with van der Waals surface area (Å²) in [4.78, 5) is 25.3. The predicted molar refractivity (Wildman–Crippen MR) is 78.0 cm³/mol. The van der Waals surface area contributed by atoms with Gasteiger partial charge in [-0.15, -0.1) is 0 Å². The predicted octanol–water partition coefficient (Wildman–Crippen LogP) is 1.88. The highest BCUT2D eigenvalue weighted by Gasteiger charge is 2.38. The highest BCUT2D eigenvalue weighted by Crippen LogP contribution is 2.27. The van der Waals surface area contributed by atoms with E-state index in [2.05, 4.69) is 0 Å². The number of rotatable bonds is 5. The summed E-state index contributed by atoms with van der Waals surface area (Å²) in [6.45, 7) is 2.32. The maximum atomic E-state index is 12.7. The van der Waals surface area contributed by atoms with E-state index in [9.17, 15) is 9.59 Å². The van der Waals surface area contributed by atoms with Crippen LogP contribution in [0.15, 0.2) is 30.3 Å². The quantitative estimate of drug-likeness (QED) is 0.899. The monoisotopic (exact) mass is 291 g/mol. The van der Waals surface area contributed by atoms with Crippen LogP contribution in [0.25, 0.3) is 0 Å². The van der Waals surface area contributed by atoms with Crippen molar-refractivity contribution in [3.8, 4) is 0 Å². The minimum absolute atomic E-state index is 0.0346. The number of carboxylic acid groups (broad SMARTS) is 1. The normalized spacial score (nSPS) is 23.0. The van der Waals surface area contributed by atoms with Crippen LogP contribution in [0.5, 0.6) is 0 Å². The highest BCUT2D eigenvalue weighted by molar-refractivity contribution is 5.84. The summed E-state index contributed by atoms with van der Waals surface area (Å²) in [7, 11) is 1.59. The number of hydrogen-bond acceptors (Lipinski definition) is 3. The number of ether oxygens (including phenoxy) is 1. The summed E-state index contributed by atoms with van der Waals surface area (Å²) < 4.78 is 5.30. The van der Waals surface area contributed by atoms with E-state index in [1.807, 2.05) is 37.3 Å². The lowest BCUT2D eigenvalue weighted by Gasteiger charge is -2.26. The fourth-order valence-electron chi connectivity index (χ4n) is 2.84. The zero-order chi connectivity index (χ0) is 15.4. The second-order valence-corrected chi connectivity index (χ2v) is 5.47. The molecule has 0 saturated carbocycles. The van der Waals surface area contributed by atoms with Crippen LogP contribution in [-0.4, -0.2) is 47.7 Å². The summed E-state index contributed by atoms with van der Waals surface area (Å²) >= 11 is 0. The first-order valence-electron chi connectivity index (χ1n) is 7.13. The fraction of sp³-hybridized carbons (Fsp3) is 0.500. The molecule has 5 heteroatoms. The number of benzene rings is 1. The molecule has 0 spiro atoms. The van der Waals surface area contributed by atoms with Gasteiger partial charge >= 0.3 is 5.97 Å². The lowest BCUT2D eigenvalue weighted by atomic mass is 9.99. The number of methoxy groups -OCH3 is 1. The zero-order valence-electron chi connectivity index (χ0n) is 12.4. The van der Waals surface area contributed by atoms with Gasteiger partial charge in [-0.3, -0.25) is 9.59 Å². The standard InChI is InChI=1S/C16H21NO4/c1-11(12-6-4-3-5-7-12)16(20)17-10-14(21-2)8-13(17)9-15(18)19/h3-7,11,13-14H,8-10H2,1-2H3,(H,18,19)/t11-,13?,14?/m0/s1. The van der Waals surface area contributed by atoms with Crippen LogP contribution in [0.2, 0.25) is 0 Å². The molecule has 0 bridgehead atoms. The van der Waals surface area contributed by atoms with E-state index in [1.54, 1.807) is 12.0 Å². The van der Waals surface area contributed by atoms with Crippen LogP contribution in [0, 0.1) is 0 Å². The van der Waals surface area contributed by atoms with Gasteiger partial charge in [0.2, 0.25) is 5.91 Å². The molecule has 0 radical (unpaired) electrons. The molecule has 114 valence electrons. The molecule has 1 N–H and O–H groups in total. The lowest BCUT2D eigenvalue weighted by molar-refractivity contribution is -0.140. The highest BCUT2D eigenvalue weighted by atomic mass is 16.5. The molecule has 1 aromatic carbocycles. The average Bonchev–Trinajstić information content (AvgIpc) is 2.89. The van der Waals surface area contributed by atoms with E-state index in [0.29, 0.717) is 13.0 Å². The minimum Gasteiger partial charge on any atom is -0.481 e. The summed E-state index contributed by atoms with van der Waals surface area (Å²) in [5.41, 5.74) is 0.942. The van der Waals surface area contributed by atoms with Gasteiger partial charge in [0.25, 0.3) is 0 Å². The maximum absolute atomic E-state index is 12.7. The van der Waals surface area contributed by atoms with Crippen molar-refractivity contribution in [3.05, 3.63) is 35.9 Å². The van der Waals surface area contributed by atoms with Crippen molar-refractivity contribution in [2.45, 2.75) is 37.8 Å². The van der Waals surface area contributed by atoms with Crippen LogP contribution >= 0.6 is 0 Å². The molecule has 0 aromatic heterocycles. The van der Waals surface area contributed by atoms with Crippen molar-refractivity contribution >= 4 is 11.9 Å². The Morgan fingerprint density at radius 3 is 2.62 bits per heavy atom. The topological polar surface area (TPSA) is 66.8 Å². The third-order valence-corrected chi connectivity index (χ3v) is 4.07. The number of amides is 1.